The molecule has 3 aromatic carbocycles. The fourth-order valence-electron chi connectivity index (χ4n) is 4.77. The molecule has 0 saturated carbocycles. The molecule has 220 valence electrons. The van der Waals surface area contributed by atoms with E-state index in [1.807, 2.05) is 42.5 Å². The van der Waals surface area contributed by atoms with Gasteiger partial charge in [0.15, 0.2) is 0 Å². The zero-order valence-corrected chi connectivity index (χ0v) is 24.7. The number of carbonyl (C=O) groups is 3. The van der Waals surface area contributed by atoms with Gasteiger partial charge in [-0.2, -0.15) is 0 Å². The van der Waals surface area contributed by atoms with Crippen LogP contribution in [-0.2, 0) is 24.9 Å². The predicted octanol–water partition coefficient (Wildman–Crippen LogP) is 3.50. The topological polar surface area (TPSA) is 167 Å². The van der Waals surface area contributed by atoms with E-state index in [1.54, 1.807) is 18.2 Å². The average Bonchev–Trinajstić information content (AvgIpc) is 3.50. The summed E-state index contributed by atoms with van der Waals surface area (Å²) in [6, 6.07) is 19.6. The van der Waals surface area contributed by atoms with Gasteiger partial charge in [-0.05, 0) is 58.6 Å². The van der Waals surface area contributed by atoms with Gasteiger partial charge < -0.3 is 26.2 Å². The largest absolute Gasteiger partial charge is 0.480 e. The fraction of sp³-hybridized carbons (Fsp3) is 0.321. The Labute approximate surface area is 243 Å². The zero-order chi connectivity index (χ0) is 29.6. The summed E-state index contributed by atoms with van der Waals surface area (Å²) in [4.78, 5) is 38.7. The van der Waals surface area contributed by atoms with Crippen molar-refractivity contribution in [1.82, 2.24) is 10.2 Å². The average molecular weight is 620 g/mol. The number of rotatable bonds is 12. The summed E-state index contributed by atoms with van der Waals surface area (Å²) in [5, 5.41) is 22.7. The van der Waals surface area contributed by atoms with Gasteiger partial charge in [0.2, 0.25) is 8.87 Å². The van der Waals surface area contributed by atoms with Crippen LogP contribution in [-0.4, -0.2) is 83.9 Å². The molecule has 1 amide bonds. The summed E-state index contributed by atoms with van der Waals surface area (Å²) in [5.74, 6) is -3.07. The summed E-state index contributed by atoms with van der Waals surface area (Å²) >= 11 is 0. The number of benzene rings is 3. The second-order valence-electron chi connectivity index (χ2n) is 9.75. The molecule has 1 fully saturated rings. The first kappa shape index (κ1) is 30.8. The Hall–Kier alpha value is -3.10. The Balaban J connectivity index is 1.79. The van der Waals surface area contributed by atoms with Crippen molar-refractivity contribution in [3.05, 3.63) is 78.4 Å². The normalized spacial score (nSPS) is 18.3. The highest BCUT2D eigenvalue weighted by molar-refractivity contribution is 9.25. The van der Waals surface area contributed by atoms with Gasteiger partial charge in [0.05, 0.1) is 4.90 Å². The van der Waals surface area contributed by atoms with Crippen LogP contribution < -0.4 is 11.1 Å². The van der Waals surface area contributed by atoms with Gasteiger partial charge in [-0.25, -0.2) is 8.42 Å². The number of amides is 1. The van der Waals surface area contributed by atoms with Crippen LogP contribution in [0.15, 0.2) is 77.7 Å². The molecule has 0 spiro atoms. The Morgan fingerprint density at radius 1 is 1.00 bits per heavy atom. The second kappa shape index (κ2) is 13.3. The SMILES string of the molecule is NC(CS(SC(=O)N(CCc1ccccc1)CC(=O)O)(C1CCNC1)S(=O)(=O)c1ccc2ccccc2c1)C(=O)O. The highest BCUT2D eigenvalue weighted by atomic mass is 33.6. The first-order valence-electron chi connectivity index (χ1n) is 13.0. The molecule has 0 aromatic heterocycles. The van der Waals surface area contributed by atoms with Gasteiger partial charge >= 0.3 is 11.9 Å². The summed E-state index contributed by atoms with van der Waals surface area (Å²) in [7, 11) is -7.00. The van der Waals surface area contributed by atoms with Crippen LogP contribution in [0, 0.1) is 0 Å². The maximum atomic E-state index is 14.7. The van der Waals surface area contributed by atoms with Crippen LogP contribution in [0.1, 0.15) is 12.0 Å². The Kier molecular flexibility index (Phi) is 9.97. The first-order chi connectivity index (χ1) is 19.5. The molecule has 0 bridgehead atoms. The maximum absolute atomic E-state index is 14.7. The number of hydrogen-bond acceptors (Lipinski definition) is 8. The summed E-state index contributed by atoms with van der Waals surface area (Å²) in [6.45, 7) is 0.175. The van der Waals surface area contributed by atoms with Gasteiger partial charge in [-0.15, -0.1) is 0 Å². The van der Waals surface area contributed by atoms with Crippen molar-refractivity contribution in [2.45, 2.75) is 29.0 Å². The molecule has 3 atom stereocenters. The maximum Gasteiger partial charge on any atom is 0.323 e. The highest BCUT2D eigenvalue weighted by Gasteiger charge is 2.51. The van der Waals surface area contributed by atoms with E-state index < -0.39 is 57.7 Å². The minimum atomic E-state index is -4.32. The number of nitrogens with zero attached hydrogens (tertiary/aromatic N) is 1. The van der Waals surface area contributed by atoms with Crippen LogP contribution in [0.5, 0.6) is 0 Å². The second-order valence-corrected chi connectivity index (χ2v) is 20.0. The molecule has 10 nitrogen and oxygen atoms in total. The number of carbonyl (C=O) groups excluding carboxylic acids is 1. The van der Waals surface area contributed by atoms with E-state index in [0.717, 1.165) is 15.8 Å². The van der Waals surface area contributed by atoms with Crippen molar-refractivity contribution in [1.29, 1.82) is 0 Å². The summed E-state index contributed by atoms with van der Waals surface area (Å²) in [5.41, 5.74) is 6.89. The smallest absolute Gasteiger partial charge is 0.323 e. The van der Waals surface area contributed by atoms with E-state index in [0.29, 0.717) is 35.6 Å². The van der Waals surface area contributed by atoms with Gasteiger partial charge in [-0.3, -0.25) is 14.4 Å². The van der Waals surface area contributed by atoms with E-state index in [1.165, 1.54) is 12.1 Å². The third-order valence-corrected chi connectivity index (χ3v) is 20.2. The molecule has 13 heteroatoms. The lowest BCUT2D eigenvalue weighted by molar-refractivity contribution is -0.138. The predicted molar refractivity (Wildman–Crippen MR) is 163 cm³/mol. The van der Waals surface area contributed by atoms with Gasteiger partial charge in [-0.1, -0.05) is 68.8 Å². The molecule has 3 unspecified atom stereocenters. The van der Waals surface area contributed by atoms with E-state index in [9.17, 15) is 33.0 Å². The number of carboxylic acids is 2. The molecular weight excluding hydrogens is 587 g/mol. The van der Waals surface area contributed by atoms with Crippen molar-refractivity contribution in [2.24, 2.45) is 5.73 Å². The monoisotopic (exact) mass is 619 g/mol. The molecule has 3 aromatic rings. The van der Waals surface area contributed by atoms with Crippen LogP contribution in [0.3, 0.4) is 0 Å². The first-order valence-corrected chi connectivity index (χ1v) is 18.2. The quantitative estimate of drug-likeness (QED) is 0.220. The van der Waals surface area contributed by atoms with E-state index in [-0.39, 0.29) is 18.0 Å². The standard InChI is InChI=1S/C28H33N3O7S3/c29-25(27(34)35)19-40(24-12-14-30-17-24,41(37,38)23-11-10-21-8-4-5-9-22(21)16-23)39-28(36)31(18-26(32)33)15-13-20-6-2-1-3-7-20/h1-11,16,24-25,30H,12-15,17-19,29H2,(H,32,33)(H,34,35). The molecule has 5 N–H and O–H groups in total. The van der Waals surface area contributed by atoms with Crippen molar-refractivity contribution in [2.75, 3.05) is 31.9 Å². The van der Waals surface area contributed by atoms with Crippen molar-refractivity contribution in [3.8, 4) is 0 Å². The molecule has 4 rings (SSSR count). The van der Waals surface area contributed by atoms with Crippen LogP contribution >= 0.6 is 18.9 Å². The lowest BCUT2D eigenvalue weighted by atomic mass is 10.1. The number of fused-ring (bicyclic) bond motifs is 1. The van der Waals surface area contributed by atoms with Crippen molar-refractivity contribution in [3.63, 3.8) is 0 Å². The highest BCUT2D eigenvalue weighted by Crippen LogP contribution is 2.71. The lowest BCUT2D eigenvalue weighted by Crippen LogP contribution is -2.42. The lowest BCUT2D eigenvalue weighted by Gasteiger charge is -2.43. The van der Waals surface area contributed by atoms with Crippen molar-refractivity contribution < 1.29 is 33.0 Å². The molecule has 1 heterocycles. The Morgan fingerprint density at radius 2 is 1.68 bits per heavy atom. The molecule has 0 aliphatic carbocycles. The molecular formula is C28H33N3O7S3. The van der Waals surface area contributed by atoms with E-state index >= 15 is 0 Å². The number of aliphatic carboxylic acids is 2. The van der Waals surface area contributed by atoms with Crippen molar-refractivity contribution >= 4 is 55.7 Å². The summed E-state index contributed by atoms with van der Waals surface area (Å²) < 4.78 is 29.3. The minimum absolute atomic E-state index is 0.0231. The molecule has 1 saturated heterocycles. The van der Waals surface area contributed by atoms with Gasteiger partial charge in [0.1, 0.15) is 12.6 Å². The van der Waals surface area contributed by atoms with Gasteiger partial charge in [0, 0.05) is 24.1 Å². The molecule has 0 radical (unpaired) electrons. The van der Waals surface area contributed by atoms with Crippen LogP contribution in [0.25, 0.3) is 10.8 Å². The molecule has 41 heavy (non-hydrogen) atoms. The third-order valence-electron chi connectivity index (χ3n) is 6.94. The number of nitrogens with one attached hydrogen (secondary N) is 1. The van der Waals surface area contributed by atoms with E-state index in [2.05, 4.69) is 5.32 Å². The van der Waals surface area contributed by atoms with Crippen LogP contribution in [0.4, 0.5) is 4.79 Å². The van der Waals surface area contributed by atoms with E-state index in [4.69, 9.17) is 5.73 Å². The summed E-state index contributed by atoms with van der Waals surface area (Å²) in [6.07, 6.45) is 0.761. The molecule has 1 aliphatic heterocycles. The van der Waals surface area contributed by atoms with Gasteiger partial charge in [0.25, 0.3) is 5.24 Å². The number of hydrogen-bond donors (Lipinski definition) is 4. The number of carboxylic acid groups (broad SMARTS) is 2. The van der Waals surface area contributed by atoms with Crippen LogP contribution in [0.2, 0.25) is 0 Å². The Bertz CT molecular complexity index is 1510. The zero-order valence-electron chi connectivity index (χ0n) is 22.2. The minimum Gasteiger partial charge on any atom is -0.480 e. The Morgan fingerprint density at radius 3 is 2.32 bits per heavy atom. The number of nitrogens with two attached hydrogens (primary N) is 1. The fourth-order valence-corrected chi connectivity index (χ4v) is 17.4. The third kappa shape index (κ3) is 7.04. The molecule has 1 aliphatic rings.